The number of aryl methyl sites for hydroxylation is 1. The highest BCUT2D eigenvalue weighted by Crippen LogP contribution is 2.36. The molecule has 0 aliphatic carbocycles. The molecule has 0 unspecified atom stereocenters. The van der Waals surface area contributed by atoms with Crippen molar-refractivity contribution in [1.29, 1.82) is 0 Å². The monoisotopic (exact) mass is 697 g/mol. The third-order valence-electron chi connectivity index (χ3n) is 7.18. The number of nitrogens with one attached hydrogen (secondary N) is 1. The molecule has 16 heteroatoms. The highest BCUT2D eigenvalue weighted by atomic mass is 32.2. The standard InChI is InChI=1S/C31H27N3O10S3/c1-19-5-7-20(8-6-19)31(35)32-28-13-14-29(27-17-23(10-12-26(27)28)45(36,37)42-2)34-33-22-9-11-25-21(15-22)16-24(46(38,39)43-3)18-30(25)47(40,41)44-4/h5-18H,1-4H3,(H,32,35). The fourth-order valence-electron chi connectivity index (χ4n) is 4.67. The van der Waals surface area contributed by atoms with Crippen LogP contribution in [-0.4, -0.2) is 52.5 Å². The van der Waals surface area contributed by atoms with E-state index in [-0.39, 0.29) is 32.9 Å². The Balaban J connectivity index is 1.62. The zero-order valence-electron chi connectivity index (χ0n) is 25.3. The summed E-state index contributed by atoms with van der Waals surface area (Å²) in [5.74, 6) is -0.379. The molecular formula is C31H27N3O10S3. The van der Waals surface area contributed by atoms with Gasteiger partial charge in [0.05, 0.1) is 42.5 Å². The van der Waals surface area contributed by atoms with Crippen molar-refractivity contribution in [2.75, 3.05) is 26.6 Å². The fourth-order valence-corrected chi connectivity index (χ4v) is 7.06. The summed E-state index contributed by atoms with van der Waals surface area (Å²) in [4.78, 5) is 12.0. The first-order valence-corrected chi connectivity index (χ1v) is 17.8. The molecule has 0 fully saturated rings. The summed E-state index contributed by atoms with van der Waals surface area (Å²) in [6.07, 6.45) is 0. The van der Waals surface area contributed by atoms with Crippen LogP contribution in [0, 0.1) is 6.92 Å². The summed E-state index contributed by atoms with van der Waals surface area (Å²) >= 11 is 0. The summed E-state index contributed by atoms with van der Waals surface area (Å²) in [5.41, 5.74) is 2.22. The van der Waals surface area contributed by atoms with Crippen molar-refractivity contribution in [1.82, 2.24) is 0 Å². The Morgan fingerprint density at radius 3 is 1.91 bits per heavy atom. The molecule has 1 N–H and O–H groups in total. The summed E-state index contributed by atoms with van der Waals surface area (Å²) in [7, 11) is -9.78. The van der Waals surface area contributed by atoms with Crippen molar-refractivity contribution in [3.63, 3.8) is 0 Å². The molecule has 0 aliphatic rings. The number of amides is 1. The summed E-state index contributed by atoms with van der Waals surface area (Å²) in [6, 6.07) is 20.8. The first kappa shape index (κ1) is 33.8. The van der Waals surface area contributed by atoms with Crippen LogP contribution in [0.5, 0.6) is 0 Å². The van der Waals surface area contributed by atoms with Crippen molar-refractivity contribution in [2.45, 2.75) is 21.6 Å². The quantitative estimate of drug-likeness (QED) is 0.135. The van der Waals surface area contributed by atoms with Gasteiger partial charge in [-0.1, -0.05) is 29.8 Å². The number of fused-ring (bicyclic) bond motifs is 2. The molecular weight excluding hydrogens is 671 g/mol. The van der Waals surface area contributed by atoms with Crippen molar-refractivity contribution in [3.05, 3.63) is 96.1 Å². The predicted octanol–water partition coefficient (Wildman–Crippen LogP) is 5.97. The maximum absolute atomic E-state index is 13.0. The average Bonchev–Trinajstić information content (AvgIpc) is 3.07. The molecule has 0 aromatic heterocycles. The van der Waals surface area contributed by atoms with Crippen LogP contribution in [0.25, 0.3) is 21.5 Å². The van der Waals surface area contributed by atoms with Crippen molar-refractivity contribution in [3.8, 4) is 0 Å². The zero-order valence-corrected chi connectivity index (χ0v) is 27.7. The van der Waals surface area contributed by atoms with Gasteiger partial charge in [0.15, 0.2) is 0 Å². The Morgan fingerprint density at radius 2 is 1.26 bits per heavy atom. The molecule has 0 atom stereocenters. The first-order valence-electron chi connectivity index (χ1n) is 13.6. The van der Waals surface area contributed by atoms with Gasteiger partial charge in [0.1, 0.15) is 4.90 Å². The molecule has 5 aromatic carbocycles. The Morgan fingerprint density at radius 1 is 0.617 bits per heavy atom. The van der Waals surface area contributed by atoms with Gasteiger partial charge in [0.25, 0.3) is 36.3 Å². The Labute approximate surface area is 271 Å². The summed E-state index contributed by atoms with van der Waals surface area (Å²) in [5, 5.41) is 12.5. The second kappa shape index (κ2) is 12.9. The number of rotatable bonds is 10. The molecule has 1 amide bonds. The normalized spacial score (nSPS) is 12.6. The summed E-state index contributed by atoms with van der Waals surface area (Å²) < 4.78 is 89.1. The minimum Gasteiger partial charge on any atom is -0.321 e. The smallest absolute Gasteiger partial charge is 0.297 e. The zero-order chi connectivity index (χ0) is 34.1. The maximum Gasteiger partial charge on any atom is 0.297 e. The Bertz CT molecular complexity index is 2410. The van der Waals surface area contributed by atoms with E-state index in [2.05, 4.69) is 28.1 Å². The van der Waals surface area contributed by atoms with Crippen LogP contribution < -0.4 is 5.32 Å². The van der Waals surface area contributed by atoms with Gasteiger partial charge in [-0.3, -0.25) is 17.3 Å². The van der Waals surface area contributed by atoms with E-state index in [1.807, 2.05) is 6.92 Å². The third kappa shape index (κ3) is 6.92. The highest BCUT2D eigenvalue weighted by molar-refractivity contribution is 7.87. The lowest BCUT2D eigenvalue weighted by Gasteiger charge is -2.12. The van der Waals surface area contributed by atoms with Gasteiger partial charge in [-0.15, -0.1) is 5.11 Å². The number of carbonyl (C=O) groups excluding carboxylic acids is 1. The molecule has 5 aromatic rings. The van der Waals surface area contributed by atoms with Crippen LogP contribution >= 0.6 is 0 Å². The van der Waals surface area contributed by atoms with Gasteiger partial charge >= 0.3 is 0 Å². The number of benzene rings is 5. The molecule has 5 rings (SSSR count). The van der Waals surface area contributed by atoms with Crippen LogP contribution in [0.2, 0.25) is 0 Å². The van der Waals surface area contributed by atoms with Gasteiger partial charge in [-0.05, 0) is 73.0 Å². The lowest BCUT2D eigenvalue weighted by Crippen LogP contribution is -2.12. The largest absolute Gasteiger partial charge is 0.321 e. The average molecular weight is 698 g/mol. The SMILES string of the molecule is COS(=O)(=O)c1cc(S(=O)(=O)OC)c2ccc(N=Nc3ccc(NC(=O)c4ccc(C)cc4)c4ccc(S(=O)(=O)OC)cc34)cc2c1. The minimum absolute atomic E-state index is 0.157. The molecule has 0 radical (unpaired) electrons. The predicted molar refractivity (Wildman–Crippen MR) is 174 cm³/mol. The number of hydrogen-bond donors (Lipinski definition) is 1. The topological polar surface area (TPSA) is 184 Å². The van der Waals surface area contributed by atoms with E-state index in [0.717, 1.165) is 33.0 Å². The maximum atomic E-state index is 13.0. The molecule has 13 nitrogen and oxygen atoms in total. The van der Waals surface area contributed by atoms with Crippen LogP contribution in [0.1, 0.15) is 15.9 Å². The number of nitrogens with zero attached hydrogens (tertiary/aromatic N) is 2. The van der Waals surface area contributed by atoms with Crippen LogP contribution in [0.4, 0.5) is 17.1 Å². The van der Waals surface area contributed by atoms with Crippen molar-refractivity contribution in [2.24, 2.45) is 10.2 Å². The first-order chi connectivity index (χ1) is 22.2. The number of anilines is 1. The minimum atomic E-state index is -4.32. The van der Waals surface area contributed by atoms with E-state index in [9.17, 15) is 30.0 Å². The lowest BCUT2D eigenvalue weighted by molar-refractivity contribution is 0.102. The van der Waals surface area contributed by atoms with Crippen molar-refractivity contribution < 1.29 is 42.6 Å². The van der Waals surface area contributed by atoms with Crippen LogP contribution in [0.15, 0.2) is 110 Å². The highest BCUT2D eigenvalue weighted by Gasteiger charge is 2.23. The van der Waals surface area contributed by atoms with E-state index >= 15 is 0 Å². The van der Waals surface area contributed by atoms with E-state index in [1.165, 1.54) is 48.5 Å². The molecule has 47 heavy (non-hydrogen) atoms. The molecule has 0 bridgehead atoms. The van der Waals surface area contributed by atoms with E-state index in [0.29, 0.717) is 22.0 Å². The lowest BCUT2D eigenvalue weighted by atomic mass is 10.1. The Kier molecular flexibility index (Phi) is 9.27. The van der Waals surface area contributed by atoms with Gasteiger partial charge in [0, 0.05) is 27.4 Å². The number of azo groups is 1. The Hall–Kier alpha value is -4.58. The second-order valence-electron chi connectivity index (χ2n) is 10.0. The van der Waals surface area contributed by atoms with Gasteiger partial charge in [-0.2, -0.15) is 30.4 Å². The van der Waals surface area contributed by atoms with E-state index < -0.39 is 40.1 Å². The second-order valence-corrected chi connectivity index (χ2v) is 15.2. The number of hydrogen-bond acceptors (Lipinski definition) is 12. The van der Waals surface area contributed by atoms with E-state index in [4.69, 9.17) is 0 Å². The molecule has 0 heterocycles. The molecule has 0 saturated heterocycles. The van der Waals surface area contributed by atoms with Gasteiger partial charge in [0.2, 0.25) is 0 Å². The third-order valence-corrected chi connectivity index (χ3v) is 11.0. The summed E-state index contributed by atoms with van der Waals surface area (Å²) in [6.45, 7) is 1.90. The van der Waals surface area contributed by atoms with Crippen LogP contribution in [-0.2, 0) is 42.9 Å². The fraction of sp³-hybridized carbons (Fsp3) is 0.129. The van der Waals surface area contributed by atoms with Crippen molar-refractivity contribution >= 4 is 74.9 Å². The van der Waals surface area contributed by atoms with Crippen LogP contribution in [0.3, 0.4) is 0 Å². The molecule has 0 aliphatic heterocycles. The van der Waals surface area contributed by atoms with Gasteiger partial charge < -0.3 is 5.32 Å². The molecule has 0 saturated carbocycles. The molecule has 244 valence electrons. The number of carbonyl (C=O) groups is 1. The van der Waals surface area contributed by atoms with E-state index in [1.54, 1.807) is 30.3 Å². The molecule has 0 spiro atoms. The van der Waals surface area contributed by atoms with Gasteiger partial charge in [-0.25, -0.2) is 0 Å².